The van der Waals surface area contributed by atoms with Crippen LogP contribution >= 0.6 is 0 Å². The van der Waals surface area contributed by atoms with Gasteiger partial charge in [0.2, 0.25) is 0 Å². The molecule has 1 aromatic carbocycles. The van der Waals surface area contributed by atoms with E-state index in [2.05, 4.69) is 5.10 Å². The van der Waals surface area contributed by atoms with Crippen molar-refractivity contribution in [3.63, 3.8) is 0 Å². The van der Waals surface area contributed by atoms with Crippen LogP contribution in [0.1, 0.15) is 35.8 Å². The molecule has 0 saturated heterocycles. The molecule has 0 N–H and O–H groups in total. The number of carbonyl (C=O) groups is 1. The van der Waals surface area contributed by atoms with Gasteiger partial charge in [-0.05, 0) is 43.5 Å². The lowest BCUT2D eigenvalue weighted by molar-refractivity contribution is 0.0592. The Morgan fingerprint density at radius 2 is 1.87 bits per heavy atom. The van der Waals surface area contributed by atoms with Crippen LogP contribution in [0.4, 0.5) is 0 Å². The van der Waals surface area contributed by atoms with Gasteiger partial charge in [-0.2, -0.15) is 5.10 Å². The molecule has 6 heteroatoms. The minimum absolute atomic E-state index is 0.323. The van der Waals surface area contributed by atoms with Gasteiger partial charge in [0.25, 0.3) is 0 Å². The van der Waals surface area contributed by atoms with Crippen LogP contribution in [-0.2, 0) is 4.74 Å². The highest BCUT2D eigenvalue weighted by Crippen LogP contribution is 2.38. The fourth-order valence-corrected chi connectivity index (χ4v) is 2.72. The fraction of sp³-hybridized carbons (Fsp3) is 0.412. The molecule has 1 aliphatic rings. The van der Waals surface area contributed by atoms with Crippen LogP contribution in [0.3, 0.4) is 0 Å². The van der Waals surface area contributed by atoms with Crippen molar-refractivity contribution in [1.82, 2.24) is 9.78 Å². The first-order valence-electron chi connectivity index (χ1n) is 7.58. The minimum Gasteiger partial charge on any atom is -0.493 e. The second-order valence-corrected chi connectivity index (χ2v) is 5.51. The van der Waals surface area contributed by atoms with Crippen LogP contribution in [0.5, 0.6) is 11.5 Å². The lowest BCUT2D eigenvalue weighted by atomic mass is 9.93. The second kappa shape index (κ2) is 6.32. The summed E-state index contributed by atoms with van der Waals surface area (Å²) < 4.78 is 17.4. The largest absolute Gasteiger partial charge is 0.493 e. The lowest BCUT2D eigenvalue weighted by Gasteiger charge is -2.27. The summed E-state index contributed by atoms with van der Waals surface area (Å²) in [6, 6.07) is 7.78. The minimum atomic E-state index is -0.426. The molecule has 6 nitrogen and oxygen atoms in total. The molecular weight excluding hydrogens is 296 g/mol. The summed E-state index contributed by atoms with van der Waals surface area (Å²) >= 11 is 0. The van der Waals surface area contributed by atoms with Crippen LogP contribution in [0.2, 0.25) is 0 Å². The average Bonchev–Trinajstić information content (AvgIpc) is 2.96. The van der Waals surface area contributed by atoms with E-state index >= 15 is 0 Å². The molecule has 0 unspecified atom stereocenters. The van der Waals surface area contributed by atoms with E-state index in [4.69, 9.17) is 14.2 Å². The van der Waals surface area contributed by atoms with Gasteiger partial charge in [-0.15, -0.1) is 0 Å². The summed E-state index contributed by atoms with van der Waals surface area (Å²) in [5.41, 5.74) is 2.14. The summed E-state index contributed by atoms with van der Waals surface area (Å²) in [4.78, 5) is 11.8. The molecule has 0 bridgehead atoms. The predicted octanol–water partition coefficient (Wildman–Crippen LogP) is 3.08. The van der Waals surface area contributed by atoms with E-state index in [0.717, 1.165) is 24.1 Å². The highest BCUT2D eigenvalue weighted by Gasteiger charge is 2.26. The Morgan fingerprint density at radius 1 is 1.13 bits per heavy atom. The number of hydrogen-bond acceptors (Lipinski definition) is 5. The zero-order chi connectivity index (χ0) is 16.4. The standard InChI is InChI=1S/C17H20N2O4/c1-21-15-8-7-11(9-16(15)22-2)14-10-13(17(20)23-3)18-19(14)12-5-4-6-12/h7-10,12H,4-6H2,1-3H3. The van der Waals surface area contributed by atoms with E-state index in [-0.39, 0.29) is 0 Å². The molecule has 1 saturated carbocycles. The van der Waals surface area contributed by atoms with Crippen LogP contribution in [0.15, 0.2) is 24.3 Å². The number of ether oxygens (including phenoxy) is 3. The van der Waals surface area contributed by atoms with Crippen molar-refractivity contribution in [2.24, 2.45) is 0 Å². The van der Waals surface area contributed by atoms with Crippen molar-refractivity contribution in [2.45, 2.75) is 25.3 Å². The van der Waals surface area contributed by atoms with Gasteiger partial charge in [-0.25, -0.2) is 4.79 Å². The molecule has 0 aliphatic heterocycles. The number of aromatic nitrogens is 2. The molecule has 1 aromatic heterocycles. The summed E-state index contributed by atoms with van der Waals surface area (Å²) in [5.74, 6) is 0.884. The smallest absolute Gasteiger partial charge is 0.358 e. The number of hydrogen-bond donors (Lipinski definition) is 0. The van der Waals surface area contributed by atoms with Crippen LogP contribution in [0, 0.1) is 0 Å². The van der Waals surface area contributed by atoms with Gasteiger partial charge in [0.15, 0.2) is 17.2 Å². The Bertz CT molecular complexity index is 719. The third-order valence-corrected chi connectivity index (χ3v) is 4.23. The van der Waals surface area contributed by atoms with Crippen molar-refractivity contribution in [2.75, 3.05) is 21.3 Å². The summed E-state index contributed by atoms with van der Waals surface area (Å²) in [6.45, 7) is 0. The normalized spacial score (nSPS) is 14.2. The number of benzene rings is 1. The Balaban J connectivity index is 2.07. The fourth-order valence-electron chi connectivity index (χ4n) is 2.72. The van der Waals surface area contributed by atoms with E-state index in [1.807, 2.05) is 22.9 Å². The number of nitrogens with zero attached hydrogens (tertiary/aromatic N) is 2. The van der Waals surface area contributed by atoms with E-state index < -0.39 is 5.97 Å². The monoisotopic (exact) mass is 316 g/mol. The molecule has 23 heavy (non-hydrogen) atoms. The lowest BCUT2D eigenvalue weighted by Crippen LogP contribution is -2.19. The second-order valence-electron chi connectivity index (χ2n) is 5.51. The third-order valence-electron chi connectivity index (χ3n) is 4.23. The third kappa shape index (κ3) is 2.76. The zero-order valence-electron chi connectivity index (χ0n) is 13.5. The van der Waals surface area contributed by atoms with Gasteiger partial charge in [0, 0.05) is 5.56 Å². The molecule has 2 aromatic rings. The Labute approximate surface area is 135 Å². The van der Waals surface area contributed by atoms with E-state index in [9.17, 15) is 4.79 Å². The molecule has 3 rings (SSSR count). The Kier molecular flexibility index (Phi) is 4.23. The zero-order valence-corrected chi connectivity index (χ0v) is 13.5. The van der Waals surface area contributed by atoms with E-state index in [0.29, 0.717) is 23.2 Å². The number of carbonyl (C=O) groups excluding carboxylic acids is 1. The summed E-state index contributed by atoms with van der Waals surface area (Å²) in [6.07, 6.45) is 3.33. The van der Waals surface area contributed by atoms with E-state index in [1.54, 1.807) is 20.3 Å². The van der Waals surface area contributed by atoms with Gasteiger partial charge in [-0.1, -0.05) is 0 Å². The average molecular weight is 316 g/mol. The molecule has 1 aliphatic carbocycles. The molecule has 0 spiro atoms. The van der Waals surface area contributed by atoms with Crippen molar-refractivity contribution < 1.29 is 19.0 Å². The van der Waals surface area contributed by atoms with Crippen LogP contribution < -0.4 is 9.47 Å². The Hall–Kier alpha value is -2.50. The number of rotatable bonds is 5. The van der Waals surface area contributed by atoms with Crippen molar-refractivity contribution in [3.8, 4) is 22.8 Å². The van der Waals surface area contributed by atoms with Crippen LogP contribution in [0.25, 0.3) is 11.3 Å². The summed E-state index contributed by atoms with van der Waals surface area (Å²) in [7, 11) is 4.57. The molecule has 0 atom stereocenters. The predicted molar refractivity (Wildman–Crippen MR) is 85.0 cm³/mol. The van der Waals surface area contributed by atoms with Gasteiger partial charge in [-0.3, -0.25) is 4.68 Å². The maximum Gasteiger partial charge on any atom is 0.358 e. The molecule has 1 heterocycles. The van der Waals surface area contributed by atoms with Crippen molar-refractivity contribution >= 4 is 5.97 Å². The Morgan fingerprint density at radius 3 is 2.43 bits per heavy atom. The van der Waals surface area contributed by atoms with E-state index in [1.165, 1.54) is 13.5 Å². The van der Waals surface area contributed by atoms with Crippen LogP contribution in [-0.4, -0.2) is 37.1 Å². The van der Waals surface area contributed by atoms with Crippen molar-refractivity contribution in [3.05, 3.63) is 30.0 Å². The quantitative estimate of drug-likeness (QED) is 0.793. The maximum atomic E-state index is 11.8. The first-order valence-corrected chi connectivity index (χ1v) is 7.58. The first-order chi connectivity index (χ1) is 11.2. The topological polar surface area (TPSA) is 62.6 Å². The molecule has 0 radical (unpaired) electrons. The SMILES string of the molecule is COC(=O)c1cc(-c2ccc(OC)c(OC)c2)n(C2CCC2)n1. The van der Waals surface area contributed by atoms with Gasteiger partial charge < -0.3 is 14.2 Å². The highest BCUT2D eigenvalue weighted by atomic mass is 16.5. The molecule has 122 valence electrons. The highest BCUT2D eigenvalue weighted by molar-refractivity contribution is 5.88. The van der Waals surface area contributed by atoms with Crippen molar-refractivity contribution in [1.29, 1.82) is 0 Å². The summed E-state index contributed by atoms with van der Waals surface area (Å²) in [5, 5.41) is 4.45. The molecular formula is C17H20N2O4. The molecule has 0 amide bonds. The van der Waals surface area contributed by atoms with Gasteiger partial charge in [0.05, 0.1) is 33.1 Å². The van der Waals surface area contributed by atoms with Gasteiger partial charge >= 0.3 is 5.97 Å². The maximum absolute atomic E-state index is 11.8. The van der Waals surface area contributed by atoms with Gasteiger partial charge in [0.1, 0.15) is 0 Å². The number of esters is 1. The number of methoxy groups -OCH3 is 3. The first kappa shape index (κ1) is 15.4. The molecule has 1 fully saturated rings.